The summed E-state index contributed by atoms with van der Waals surface area (Å²) in [5.41, 5.74) is 8.00. The number of benzene rings is 1. The van der Waals surface area contributed by atoms with E-state index in [4.69, 9.17) is 28.9 Å². The summed E-state index contributed by atoms with van der Waals surface area (Å²) in [6.07, 6.45) is 0.838. The third-order valence-corrected chi connectivity index (χ3v) is 4.52. The molecule has 0 bridgehead atoms. The van der Waals surface area contributed by atoms with Crippen LogP contribution in [0.5, 0.6) is 0 Å². The van der Waals surface area contributed by atoms with Crippen molar-refractivity contribution in [1.29, 1.82) is 0 Å². The lowest BCUT2D eigenvalue weighted by Gasteiger charge is -2.20. The van der Waals surface area contributed by atoms with Crippen molar-refractivity contribution in [3.63, 3.8) is 0 Å². The highest BCUT2D eigenvalue weighted by atomic mass is 35.5. The molecule has 1 aromatic carbocycles. The van der Waals surface area contributed by atoms with Crippen molar-refractivity contribution in [2.45, 2.75) is 25.9 Å². The smallest absolute Gasteiger partial charge is 0.0931 e. The van der Waals surface area contributed by atoms with Crippen molar-refractivity contribution in [2.75, 3.05) is 11.9 Å². The minimum atomic E-state index is 0.142. The third kappa shape index (κ3) is 4.13. The van der Waals surface area contributed by atoms with Crippen molar-refractivity contribution in [2.24, 2.45) is 5.73 Å². The SMILES string of the molecule is CC(N)Cc1ccc(N(C)Cc2ccc(Cl)s2)c(Cl)c1. The Balaban J connectivity index is 2.11. The zero-order valence-corrected chi connectivity index (χ0v) is 13.9. The molecule has 108 valence electrons. The standard InChI is InChI=1S/C15H18Cl2N2S/c1-10(18)7-11-3-5-14(13(16)8-11)19(2)9-12-4-6-15(17)20-12/h3-6,8,10H,7,9,18H2,1-2H3. The molecule has 2 nitrogen and oxygen atoms in total. The maximum absolute atomic E-state index is 6.37. The summed E-state index contributed by atoms with van der Waals surface area (Å²) in [4.78, 5) is 3.34. The van der Waals surface area contributed by atoms with Gasteiger partial charge < -0.3 is 10.6 Å². The van der Waals surface area contributed by atoms with E-state index in [0.29, 0.717) is 0 Å². The molecule has 0 saturated heterocycles. The molecule has 1 aromatic heterocycles. The largest absolute Gasteiger partial charge is 0.368 e. The van der Waals surface area contributed by atoms with Crippen molar-refractivity contribution in [3.8, 4) is 0 Å². The van der Waals surface area contributed by atoms with Crippen molar-refractivity contribution < 1.29 is 0 Å². The van der Waals surface area contributed by atoms with Crippen LogP contribution in [0.15, 0.2) is 30.3 Å². The van der Waals surface area contributed by atoms with Crippen molar-refractivity contribution in [1.82, 2.24) is 0 Å². The van der Waals surface area contributed by atoms with Crippen LogP contribution in [0.2, 0.25) is 9.36 Å². The van der Waals surface area contributed by atoms with Gasteiger partial charge in [-0.3, -0.25) is 0 Å². The summed E-state index contributed by atoms with van der Waals surface area (Å²) in [5.74, 6) is 0. The second-order valence-electron chi connectivity index (χ2n) is 5.03. The lowest BCUT2D eigenvalue weighted by atomic mass is 10.1. The molecule has 20 heavy (non-hydrogen) atoms. The van der Waals surface area contributed by atoms with Crippen molar-refractivity contribution in [3.05, 3.63) is 50.1 Å². The van der Waals surface area contributed by atoms with E-state index < -0.39 is 0 Å². The fourth-order valence-corrected chi connectivity index (χ4v) is 3.60. The second-order valence-corrected chi connectivity index (χ2v) is 7.24. The van der Waals surface area contributed by atoms with Crippen molar-refractivity contribution >= 4 is 40.2 Å². The lowest BCUT2D eigenvalue weighted by molar-refractivity contribution is 0.738. The first-order valence-electron chi connectivity index (χ1n) is 6.45. The minimum Gasteiger partial charge on any atom is -0.368 e. The molecule has 2 rings (SSSR count). The molecular weight excluding hydrogens is 311 g/mol. The van der Waals surface area contributed by atoms with Gasteiger partial charge in [0.05, 0.1) is 21.6 Å². The van der Waals surface area contributed by atoms with Gasteiger partial charge in [0.1, 0.15) is 0 Å². The first-order valence-corrected chi connectivity index (χ1v) is 8.02. The van der Waals surface area contributed by atoms with Crippen LogP contribution >= 0.6 is 34.5 Å². The summed E-state index contributed by atoms with van der Waals surface area (Å²) in [5, 5.41) is 0.758. The number of anilines is 1. The first kappa shape index (κ1) is 15.6. The third-order valence-electron chi connectivity index (χ3n) is 3.00. The number of nitrogens with two attached hydrogens (primary N) is 1. The Labute approximate surface area is 134 Å². The summed E-state index contributed by atoms with van der Waals surface area (Å²) in [7, 11) is 2.03. The van der Waals surface area contributed by atoms with E-state index in [1.54, 1.807) is 11.3 Å². The van der Waals surface area contributed by atoms with Gasteiger partial charge in [-0.05, 0) is 43.2 Å². The number of rotatable bonds is 5. The van der Waals surface area contributed by atoms with E-state index >= 15 is 0 Å². The van der Waals surface area contributed by atoms with Crippen LogP contribution < -0.4 is 10.6 Å². The summed E-state index contributed by atoms with van der Waals surface area (Å²) in [6.45, 7) is 2.79. The lowest BCUT2D eigenvalue weighted by Crippen LogP contribution is -2.18. The Morgan fingerprint density at radius 2 is 2.00 bits per heavy atom. The van der Waals surface area contributed by atoms with Gasteiger partial charge in [-0.15, -0.1) is 11.3 Å². The van der Waals surface area contributed by atoms with E-state index in [-0.39, 0.29) is 6.04 Å². The summed E-state index contributed by atoms with van der Waals surface area (Å²) < 4.78 is 0.812. The zero-order valence-electron chi connectivity index (χ0n) is 11.6. The zero-order chi connectivity index (χ0) is 14.7. The molecule has 0 aliphatic carbocycles. The predicted molar refractivity (Wildman–Crippen MR) is 90.2 cm³/mol. The maximum Gasteiger partial charge on any atom is 0.0931 e. The average molecular weight is 329 g/mol. The minimum absolute atomic E-state index is 0.142. The normalized spacial score (nSPS) is 12.4. The molecule has 0 radical (unpaired) electrons. The van der Waals surface area contributed by atoms with Gasteiger partial charge in [-0.25, -0.2) is 0 Å². The van der Waals surface area contributed by atoms with Gasteiger partial charge in [0.25, 0.3) is 0 Å². The molecular formula is C15H18Cl2N2S. The maximum atomic E-state index is 6.37. The van der Waals surface area contributed by atoms with E-state index in [1.807, 2.05) is 32.2 Å². The van der Waals surface area contributed by atoms with Crippen LogP contribution in [-0.2, 0) is 13.0 Å². The van der Waals surface area contributed by atoms with Gasteiger partial charge in [0.2, 0.25) is 0 Å². The van der Waals surface area contributed by atoms with E-state index in [0.717, 1.165) is 28.0 Å². The molecule has 0 fully saturated rings. The number of hydrogen-bond acceptors (Lipinski definition) is 3. The average Bonchev–Trinajstić information content (AvgIpc) is 2.73. The molecule has 1 heterocycles. The fourth-order valence-electron chi connectivity index (χ4n) is 2.11. The molecule has 5 heteroatoms. The topological polar surface area (TPSA) is 29.3 Å². The highest BCUT2D eigenvalue weighted by Crippen LogP contribution is 2.29. The molecule has 0 aliphatic rings. The van der Waals surface area contributed by atoms with Gasteiger partial charge in [-0.2, -0.15) is 0 Å². The number of hydrogen-bond donors (Lipinski definition) is 1. The summed E-state index contributed by atoms with van der Waals surface area (Å²) >= 11 is 13.9. The Kier molecular flexibility index (Phi) is 5.33. The second kappa shape index (κ2) is 6.81. The van der Waals surface area contributed by atoms with Crippen LogP contribution in [-0.4, -0.2) is 13.1 Å². The van der Waals surface area contributed by atoms with Gasteiger partial charge in [-0.1, -0.05) is 29.3 Å². The molecule has 0 spiro atoms. The molecule has 2 aromatic rings. The summed E-state index contributed by atoms with van der Waals surface area (Å²) in [6, 6.07) is 10.2. The van der Waals surface area contributed by atoms with Gasteiger partial charge in [0, 0.05) is 18.0 Å². The predicted octanol–water partition coefficient (Wildman–Crippen LogP) is 4.58. The Morgan fingerprint density at radius 1 is 1.25 bits per heavy atom. The van der Waals surface area contributed by atoms with Gasteiger partial charge >= 0.3 is 0 Å². The molecule has 0 amide bonds. The molecule has 0 saturated carbocycles. The molecule has 2 N–H and O–H groups in total. The van der Waals surface area contributed by atoms with Crippen LogP contribution in [0.4, 0.5) is 5.69 Å². The Hall–Kier alpha value is -0.740. The Bertz CT molecular complexity index is 581. The molecule has 1 atom stereocenters. The number of halogens is 2. The molecule has 1 unspecified atom stereocenters. The van der Waals surface area contributed by atoms with Crippen LogP contribution in [0, 0.1) is 0 Å². The first-order chi connectivity index (χ1) is 9.45. The highest BCUT2D eigenvalue weighted by molar-refractivity contribution is 7.16. The van der Waals surface area contributed by atoms with Crippen LogP contribution in [0.3, 0.4) is 0 Å². The number of nitrogens with zero attached hydrogens (tertiary/aromatic N) is 1. The number of thiophene rings is 1. The molecule has 0 aliphatic heterocycles. The fraction of sp³-hybridized carbons (Fsp3) is 0.333. The van der Waals surface area contributed by atoms with Crippen LogP contribution in [0.1, 0.15) is 17.4 Å². The van der Waals surface area contributed by atoms with Gasteiger partial charge in [0.15, 0.2) is 0 Å². The monoisotopic (exact) mass is 328 g/mol. The van der Waals surface area contributed by atoms with Crippen LogP contribution in [0.25, 0.3) is 0 Å². The van der Waals surface area contributed by atoms with E-state index in [2.05, 4.69) is 17.0 Å². The highest BCUT2D eigenvalue weighted by Gasteiger charge is 2.09. The quantitative estimate of drug-likeness (QED) is 0.870. The Morgan fingerprint density at radius 3 is 2.55 bits per heavy atom. The van der Waals surface area contributed by atoms with E-state index in [9.17, 15) is 0 Å². The van der Waals surface area contributed by atoms with E-state index in [1.165, 1.54) is 10.4 Å².